The molecule has 0 amide bonds. The van der Waals surface area contributed by atoms with Crippen molar-refractivity contribution in [1.29, 1.82) is 0 Å². The largest absolute Gasteiger partial charge is 0.393 e. The van der Waals surface area contributed by atoms with Gasteiger partial charge in [-0.1, -0.05) is 56.7 Å². The minimum Gasteiger partial charge on any atom is -0.393 e. The Bertz CT molecular complexity index is 735. The van der Waals surface area contributed by atoms with Crippen LogP contribution in [0.3, 0.4) is 0 Å². The van der Waals surface area contributed by atoms with Crippen LogP contribution in [0, 0.1) is 17.3 Å². The average molecular weight is 433 g/mol. The van der Waals surface area contributed by atoms with Gasteiger partial charge in [0.1, 0.15) is 0 Å². The third kappa shape index (κ3) is 4.98. The van der Waals surface area contributed by atoms with Crippen molar-refractivity contribution in [3.63, 3.8) is 0 Å². The first kappa shape index (κ1) is 23.8. The summed E-state index contributed by atoms with van der Waals surface area (Å²) < 4.78 is 0. The molecule has 30 heavy (non-hydrogen) atoms. The van der Waals surface area contributed by atoms with Crippen molar-refractivity contribution in [2.24, 2.45) is 17.3 Å². The van der Waals surface area contributed by atoms with Crippen LogP contribution >= 0.6 is 11.8 Å². The SMILES string of the molecule is C=C1/C(=C\C=C2/CCC[C@]3(C)C([C@H](C)SC[C@H](O)C(C)C)=CCC23)C[C@@H](O)C[C@@H]1O. The highest BCUT2D eigenvalue weighted by atomic mass is 32.2. The van der Waals surface area contributed by atoms with Crippen molar-refractivity contribution in [2.75, 3.05) is 5.75 Å². The Morgan fingerprint density at radius 2 is 2.00 bits per heavy atom. The molecule has 6 atom stereocenters. The average Bonchev–Trinajstić information content (AvgIpc) is 3.04. The van der Waals surface area contributed by atoms with Crippen molar-refractivity contribution in [2.45, 2.75) is 89.8 Å². The fourth-order valence-corrected chi connectivity index (χ4v) is 6.89. The summed E-state index contributed by atoms with van der Waals surface area (Å²) in [5.74, 6) is 1.62. The van der Waals surface area contributed by atoms with Gasteiger partial charge in [-0.25, -0.2) is 0 Å². The van der Waals surface area contributed by atoms with Crippen molar-refractivity contribution in [1.82, 2.24) is 0 Å². The van der Waals surface area contributed by atoms with Crippen molar-refractivity contribution in [3.05, 3.63) is 47.1 Å². The van der Waals surface area contributed by atoms with E-state index in [1.165, 1.54) is 18.4 Å². The van der Waals surface area contributed by atoms with Gasteiger partial charge in [-0.2, -0.15) is 11.8 Å². The van der Waals surface area contributed by atoms with Crippen molar-refractivity contribution in [3.8, 4) is 0 Å². The molecule has 0 aliphatic heterocycles. The number of allylic oxidation sites excluding steroid dienone is 4. The first-order valence-corrected chi connectivity index (χ1v) is 12.6. The van der Waals surface area contributed by atoms with Crippen molar-refractivity contribution >= 4 is 11.8 Å². The van der Waals surface area contributed by atoms with Crippen LogP contribution in [0.25, 0.3) is 0 Å². The fraction of sp³-hybridized carbons (Fsp3) is 0.692. The molecule has 2 saturated carbocycles. The summed E-state index contributed by atoms with van der Waals surface area (Å²) in [6, 6.07) is 0. The lowest BCUT2D eigenvalue weighted by atomic mass is 9.64. The maximum absolute atomic E-state index is 10.2. The summed E-state index contributed by atoms with van der Waals surface area (Å²) in [5, 5.41) is 30.8. The van der Waals surface area contributed by atoms with Gasteiger partial charge < -0.3 is 15.3 Å². The minimum absolute atomic E-state index is 0.195. The molecule has 3 nitrogen and oxygen atoms in total. The lowest BCUT2D eigenvalue weighted by Crippen LogP contribution is -2.33. The van der Waals surface area contributed by atoms with Crippen LogP contribution in [-0.2, 0) is 0 Å². The number of hydrogen-bond donors (Lipinski definition) is 3. The molecule has 0 aromatic carbocycles. The second kappa shape index (κ2) is 9.77. The van der Waals surface area contributed by atoms with Crippen LogP contribution in [0.2, 0.25) is 0 Å². The molecule has 1 unspecified atom stereocenters. The molecule has 0 saturated heterocycles. The van der Waals surface area contributed by atoms with E-state index in [0.29, 0.717) is 29.9 Å². The highest BCUT2D eigenvalue weighted by Crippen LogP contribution is 2.56. The first-order valence-electron chi connectivity index (χ1n) is 11.6. The van der Waals surface area contributed by atoms with Crippen molar-refractivity contribution < 1.29 is 15.3 Å². The van der Waals surface area contributed by atoms with Gasteiger partial charge in [0.25, 0.3) is 0 Å². The molecule has 0 radical (unpaired) electrons. The lowest BCUT2D eigenvalue weighted by Gasteiger charge is -2.42. The Balaban J connectivity index is 1.73. The first-order chi connectivity index (χ1) is 14.1. The zero-order valence-corrected chi connectivity index (χ0v) is 19.9. The topological polar surface area (TPSA) is 60.7 Å². The van der Waals surface area contributed by atoms with E-state index in [-0.39, 0.29) is 11.5 Å². The van der Waals surface area contributed by atoms with Gasteiger partial charge in [0.15, 0.2) is 0 Å². The van der Waals surface area contributed by atoms with Gasteiger partial charge in [-0.3, -0.25) is 0 Å². The predicted molar refractivity (Wildman–Crippen MR) is 127 cm³/mol. The van der Waals surface area contributed by atoms with E-state index >= 15 is 0 Å². The molecule has 168 valence electrons. The van der Waals surface area contributed by atoms with E-state index < -0.39 is 12.2 Å². The summed E-state index contributed by atoms with van der Waals surface area (Å²) in [7, 11) is 0. The van der Waals surface area contributed by atoms with E-state index in [1.54, 1.807) is 5.57 Å². The van der Waals surface area contributed by atoms with Crippen LogP contribution in [0.1, 0.15) is 66.2 Å². The lowest BCUT2D eigenvalue weighted by molar-refractivity contribution is 0.0862. The zero-order valence-electron chi connectivity index (χ0n) is 19.1. The van der Waals surface area contributed by atoms with Gasteiger partial charge in [0, 0.05) is 17.4 Å². The molecular formula is C26H40O3S. The number of hydrogen-bond acceptors (Lipinski definition) is 4. The number of rotatable bonds is 6. The number of aliphatic hydroxyl groups excluding tert-OH is 3. The molecule has 0 bridgehead atoms. The Hall–Kier alpha value is -0.810. The summed E-state index contributed by atoms with van der Waals surface area (Å²) in [4.78, 5) is 0. The van der Waals surface area contributed by atoms with Crippen LogP contribution in [-0.4, -0.2) is 44.6 Å². The van der Waals surface area contributed by atoms with E-state index in [1.807, 2.05) is 11.8 Å². The Kier molecular flexibility index (Phi) is 7.76. The van der Waals surface area contributed by atoms with E-state index in [4.69, 9.17) is 0 Å². The molecule has 0 aromatic rings. The zero-order chi connectivity index (χ0) is 22.1. The molecule has 0 spiro atoms. The van der Waals surface area contributed by atoms with Gasteiger partial charge in [-0.05, 0) is 67.4 Å². The molecule has 2 fully saturated rings. The molecule has 3 N–H and O–H groups in total. The summed E-state index contributed by atoms with van der Waals surface area (Å²) in [6.45, 7) is 12.9. The maximum Gasteiger partial charge on any atom is 0.0811 e. The summed E-state index contributed by atoms with van der Waals surface area (Å²) in [5.41, 5.74) is 4.98. The third-order valence-corrected chi connectivity index (χ3v) is 8.89. The van der Waals surface area contributed by atoms with E-state index in [9.17, 15) is 15.3 Å². The van der Waals surface area contributed by atoms with Crippen LogP contribution in [0.5, 0.6) is 0 Å². The normalized spacial score (nSPS) is 36.9. The summed E-state index contributed by atoms with van der Waals surface area (Å²) in [6.07, 6.45) is 11.1. The smallest absolute Gasteiger partial charge is 0.0811 e. The highest BCUT2D eigenvalue weighted by molar-refractivity contribution is 8.00. The van der Waals surface area contributed by atoms with E-state index in [0.717, 1.165) is 29.7 Å². The number of thioether (sulfide) groups is 1. The quantitative estimate of drug-likeness (QED) is 0.506. The molecular weight excluding hydrogens is 392 g/mol. The van der Waals surface area contributed by atoms with Gasteiger partial charge in [-0.15, -0.1) is 0 Å². The second-order valence-electron chi connectivity index (χ2n) is 10.1. The Morgan fingerprint density at radius 3 is 2.70 bits per heavy atom. The molecule has 4 heteroatoms. The second-order valence-corrected chi connectivity index (χ2v) is 11.4. The third-order valence-electron chi connectivity index (χ3n) is 7.60. The highest BCUT2D eigenvalue weighted by Gasteiger charge is 2.46. The number of fused-ring (bicyclic) bond motifs is 1. The van der Waals surface area contributed by atoms with Crippen LogP contribution in [0.15, 0.2) is 47.1 Å². The number of aliphatic hydroxyl groups is 3. The molecule has 3 aliphatic carbocycles. The van der Waals surface area contributed by atoms with Crippen LogP contribution in [0.4, 0.5) is 0 Å². The van der Waals surface area contributed by atoms with E-state index in [2.05, 4.69) is 52.5 Å². The summed E-state index contributed by atoms with van der Waals surface area (Å²) >= 11 is 1.89. The monoisotopic (exact) mass is 432 g/mol. The standard InChI is InChI=1S/C26H40O3S/c1-16(2)25(29)15-30-18(4)22-10-11-23-19(7-6-12-26(22,23)5)8-9-20-13-21(27)14-24(28)17(20)3/h8-10,16,18,21,23-25,27-29H,3,6-7,11-15H2,1-2,4-5H3/b19-8+,20-9-/t18-,21+,23?,24-,25-,26+/m0/s1. The molecule has 3 aliphatic rings. The molecule has 0 heterocycles. The van der Waals surface area contributed by atoms with Crippen LogP contribution < -0.4 is 0 Å². The molecule has 3 rings (SSSR count). The predicted octanol–water partition coefficient (Wildman–Crippen LogP) is 5.19. The Labute approximate surface area is 187 Å². The Morgan fingerprint density at radius 1 is 1.27 bits per heavy atom. The minimum atomic E-state index is -0.631. The van der Waals surface area contributed by atoms with Gasteiger partial charge in [0.2, 0.25) is 0 Å². The van der Waals surface area contributed by atoms with Gasteiger partial charge >= 0.3 is 0 Å². The maximum atomic E-state index is 10.2. The fourth-order valence-electron chi connectivity index (χ4n) is 5.47. The van der Waals surface area contributed by atoms with Gasteiger partial charge in [0.05, 0.1) is 18.3 Å². The molecule has 0 aromatic heterocycles.